The van der Waals surface area contributed by atoms with Crippen LogP contribution in [-0.4, -0.2) is 35.2 Å². The zero-order valence-electron chi connectivity index (χ0n) is 10.5. The summed E-state index contributed by atoms with van der Waals surface area (Å²) in [5.74, 6) is 0.221. The molecule has 5 heteroatoms. The third-order valence-corrected chi connectivity index (χ3v) is 3.97. The summed E-state index contributed by atoms with van der Waals surface area (Å²) >= 11 is 0. The largest absolute Gasteiger partial charge is 0.381 e. The highest BCUT2D eigenvalue weighted by atomic mass is 16.5. The van der Waals surface area contributed by atoms with Crippen LogP contribution in [0.4, 0.5) is 0 Å². The quantitative estimate of drug-likeness (QED) is 0.840. The summed E-state index contributed by atoms with van der Waals surface area (Å²) in [6, 6.07) is 0. The lowest BCUT2D eigenvalue weighted by Gasteiger charge is -2.18. The van der Waals surface area contributed by atoms with Gasteiger partial charge in [0.25, 0.3) is 0 Å². The molecule has 1 aliphatic carbocycles. The number of nitrogens with one attached hydrogen (secondary N) is 1. The van der Waals surface area contributed by atoms with Gasteiger partial charge in [0, 0.05) is 37.5 Å². The van der Waals surface area contributed by atoms with Crippen LogP contribution in [0.15, 0.2) is 18.7 Å². The first-order chi connectivity index (χ1) is 8.77. The van der Waals surface area contributed by atoms with E-state index in [2.05, 4.69) is 14.9 Å². The lowest BCUT2D eigenvalue weighted by molar-refractivity contribution is -0.125. The summed E-state index contributed by atoms with van der Waals surface area (Å²) in [6.07, 6.45) is 8.85. The van der Waals surface area contributed by atoms with Gasteiger partial charge >= 0.3 is 0 Å². The molecule has 0 unspecified atom stereocenters. The van der Waals surface area contributed by atoms with Gasteiger partial charge in [0.05, 0.1) is 18.9 Å². The van der Waals surface area contributed by atoms with Gasteiger partial charge in [-0.05, 0) is 19.3 Å². The lowest BCUT2D eigenvalue weighted by atomic mass is 10.1. The highest BCUT2D eigenvalue weighted by Gasteiger charge is 2.43. The van der Waals surface area contributed by atoms with Crippen LogP contribution >= 0.6 is 0 Å². The maximum absolute atomic E-state index is 11.9. The first-order valence-electron chi connectivity index (χ1n) is 6.59. The number of carbonyl (C=O) groups excluding carboxylic acids is 1. The molecule has 1 amide bonds. The van der Waals surface area contributed by atoms with Crippen molar-refractivity contribution in [1.29, 1.82) is 0 Å². The van der Waals surface area contributed by atoms with E-state index < -0.39 is 0 Å². The van der Waals surface area contributed by atoms with Crippen molar-refractivity contribution in [2.24, 2.45) is 11.3 Å². The topological polar surface area (TPSA) is 56.2 Å². The number of hydrogen-bond acceptors (Lipinski definition) is 3. The Labute approximate surface area is 107 Å². The van der Waals surface area contributed by atoms with Crippen molar-refractivity contribution in [3.63, 3.8) is 0 Å². The number of nitrogens with zero attached hydrogens (tertiary/aromatic N) is 2. The predicted octanol–water partition coefficient (Wildman–Crippen LogP) is 0.816. The second kappa shape index (κ2) is 4.72. The molecular weight excluding hydrogens is 230 g/mol. The third-order valence-electron chi connectivity index (χ3n) is 3.97. The van der Waals surface area contributed by atoms with Crippen LogP contribution in [0.2, 0.25) is 0 Å². The molecule has 1 aromatic heterocycles. The lowest BCUT2D eigenvalue weighted by Crippen LogP contribution is -2.36. The fourth-order valence-electron chi connectivity index (χ4n) is 2.50. The van der Waals surface area contributed by atoms with Crippen LogP contribution < -0.4 is 5.32 Å². The number of aromatic nitrogens is 2. The van der Waals surface area contributed by atoms with E-state index in [0.717, 1.165) is 26.1 Å². The molecule has 0 radical (unpaired) electrons. The number of hydrogen-bond donors (Lipinski definition) is 1. The average Bonchev–Trinajstić information content (AvgIpc) is 2.84. The first-order valence-corrected chi connectivity index (χ1v) is 6.59. The van der Waals surface area contributed by atoms with Gasteiger partial charge in [0.15, 0.2) is 0 Å². The molecule has 1 saturated carbocycles. The maximum Gasteiger partial charge on any atom is 0.225 e. The van der Waals surface area contributed by atoms with Gasteiger partial charge in [-0.3, -0.25) is 4.79 Å². The number of imidazole rings is 1. The second-order valence-corrected chi connectivity index (χ2v) is 5.51. The van der Waals surface area contributed by atoms with E-state index in [1.165, 1.54) is 12.8 Å². The van der Waals surface area contributed by atoms with Crippen molar-refractivity contribution in [3.05, 3.63) is 18.7 Å². The van der Waals surface area contributed by atoms with Crippen molar-refractivity contribution >= 4 is 5.91 Å². The Balaban J connectivity index is 1.49. The van der Waals surface area contributed by atoms with E-state index in [1.54, 1.807) is 6.20 Å². The molecule has 1 atom stereocenters. The molecule has 18 heavy (non-hydrogen) atoms. The maximum atomic E-state index is 11.9. The molecule has 2 aliphatic rings. The van der Waals surface area contributed by atoms with E-state index in [4.69, 9.17) is 4.74 Å². The van der Waals surface area contributed by atoms with Crippen molar-refractivity contribution in [1.82, 2.24) is 14.9 Å². The minimum absolute atomic E-state index is 0.0639. The molecule has 1 aromatic rings. The summed E-state index contributed by atoms with van der Waals surface area (Å²) in [5.41, 5.74) is 0.260. The van der Waals surface area contributed by atoms with Crippen LogP contribution in [0.3, 0.4) is 0 Å². The monoisotopic (exact) mass is 249 g/mol. The summed E-state index contributed by atoms with van der Waals surface area (Å²) in [7, 11) is 0. The minimum atomic E-state index is 0.0639. The smallest absolute Gasteiger partial charge is 0.225 e. The highest BCUT2D eigenvalue weighted by Crippen LogP contribution is 2.46. The predicted molar refractivity (Wildman–Crippen MR) is 65.8 cm³/mol. The molecule has 1 N–H and O–H groups in total. The van der Waals surface area contributed by atoms with Gasteiger partial charge < -0.3 is 14.6 Å². The molecule has 0 aromatic carbocycles. The van der Waals surface area contributed by atoms with Crippen LogP contribution in [0.25, 0.3) is 0 Å². The van der Waals surface area contributed by atoms with Crippen LogP contribution in [0, 0.1) is 11.3 Å². The van der Waals surface area contributed by atoms with Gasteiger partial charge in [-0.1, -0.05) is 0 Å². The normalized spacial score (nSPS) is 25.0. The van der Waals surface area contributed by atoms with Crippen LogP contribution in [0.1, 0.15) is 19.3 Å². The number of amides is 1. The Morgan fingerprint density at radius 3 is 3.06 bits per heavy atom. The standard InChI is InChI=1S/C13H19N3O2/c17-12(11-1-6-18-7-11)15-8-13(2-3-13)9-16-5-4-14-10-16/h4-5,10-11H,1-3,6-9H2,(H,15,17)/t11-/m1/s1. The summed E-state index contributed by atoms with van der Waals surface area (Å²) in [4.78, 5) is 16.0. The molecule has 98 valence electrons. The SMILES string of the molecule is O=C(NCC1(Cn2ccnc2)CC1)[C@@H]1CCOC1. The zero-order valence-corrected chi connectivity index (χ0v) is 10.5. The molecule has 2 heterocycles. The zero-order chi connectivity index (χ0) is 12.4. The Morgan fingerprint density at radius 2 is 2.44 bits per heavy atom. The fourth-order valence-corrected chi connectivity index (χ4v) is 2.50. The van der Waals surface area contributed by atoms with E-state index >= 15 is 0 Å². The van der Waals surface area contributed by atoms with E-state index in [1.807, 2.05) is 12.5 Å². The van der Waals surface area contributed by atoms with Crippen LogP contribution in [0.5, 0.6) is 0 Å². The Bertz CT molecular complexity index is 406. The molecule has 1 saturated heterocycles. The highest BCUT2D eigenvalue weighted by molar-refractivity contribution is 5.79. The Kier molecular flexibility index (Phi) is 3.07. The van der Waals surface area contributed by atoms with Crippen molar-refractivity contribution in [2.45, 2.75) is 25.8 Å². The van der Waals surface area contributed by atoms with E-state index in [-0.39, 0.29) is 17.2 Å². The average molecular weight is 249 g/mol. The molecule has 0 spiro atoms. The van der Waals surface area contributed by atoms with Gasteiger partial charge in [0.2, 0.25) is 5.91 Å². The second-order valence-electron chi connectivity index (χ2n) is 5.51. The van der Waals surface area contributed by atoms with E-state index in [0.29, 0.717) is 6.61 Å². The first kappa shape index (κ1) is 11.7. The van der Waals surface area contributed by atoms with Gasteiger partial charge in [-0.15, -0.1) is 0 Å². The van der Waals surface area contributed by atoms with Crippen molar-refractivity contribution in [2.75, 3.05) is 19.8 Å². The molecule has 5 nitrogen and oxygen atoms in total. The molecular formula is C13H19N3O2. The molecule has 3 rings (SSSR count). The number of rotatable bonds is 5. The minimum Gasteiger partial charge on any atom is -0.381 e. The molecule has 1 aliphatic heterocycles. The Hall–Kier alpha value is -1.36. The fraction of sp³-hybridized carbons (Fsp3) is 0.692. The summed E-state index contributed by atoms with van der Waals surface area (Å²) in [5, 5.41) is 3.09. The Morgan fingerprint density at radius 1 is 1.56 bits per heavy atom. The molecule has 2 fully saturated rings. The van der Waals surface area contributed by atoms with Gasteiger partial charge in [-0.2, -0.15) is 0 Å². The summed E-state index contributed by atoms with van der Waals surface area (Å²) < 4.78 is 7.33. The van der Waals surface area contributed by atoms with Gasteiger partial charge in [-0.25, -0.2) is 4.98 Å². The summed E-state index contributed by atoms with van der Waals surface area (Å²) in [6.45, 7) is 3.04. The van der Waals surface area contributed by atoms with Crippen molar-refractivity contribution in [3.8, 4) is 0 Å². The molecule has 0 bridgehead atoms. The van der Waals surface area contributed by atoms with Crippen LogP contribution in [-0.2, 0) is 16.1 Å². The van der Waals surface area contributed by atoms with Crippen molar-refractivity contribution < 1.29 is 9.53 Å². The van der Waals surface area contributed by atoms with Gasteiger partial charge in [0.1, 0.15) is 0 Å². The number of carbonyl (C=O) groups is 1. The third kappa shape index (κ3) is 2.56. The number of ether oxygens (including phenoxy) is 1. The van der Waals surface area contributed by atoms with E-state index in [9.17, 15) is 4.79 Å².